The van der Waals surface area contributed by atoms with Gasteiger partial charge in [0.05, 0.1) is 7.11 Å². The maximum atomic E-state index is 10.7. The second-order valence-corrected chi connectivity index (χ2v) is 3.77. The summed E-state index contributed by atoms with van der Waals surface area (Å²) < 4.78 is 4.48. The van der Waals surface area contributed by atoms with E-state index < -0.39 is 0 Å². The number of nitrogens with one attached hydrogen (secondary N) is 1. The minimum absolute atomic E-state index is 0.185. The normalized spacial score (nSPS) is 20.5. The largest absolute Gasteiger partial charge is 0.466 e. The van der Waals surface area contributed by atoms with Crippen molar-refractivity contribution in [1.29, 1.82) is 0 Å². The number of rotatable bonds is 3. The Kier molecular flexibility index (Phi) is 3.34. The number of esters is 1. The molecule has 0 saturated heterocycles. The van der Waals surface area contributed by atoms with E-state index in [-0.39, 0.29) is 11.5 Å². The zero-order valence-corrected chi connectivity index (χ0v) is 8.30. The van der Waals surface area contributed by atoms with Gasteiger partial charge in [0.2, 0.25) is 0 Å². The summed E-state index contributed by atoms with van der Waals surface area (Å²) in [7, 11) is 1.38. The smallest absolute Gasteiger partial charge is 0.331 e. The topological polar surface area (TPSA) is 38.3 Å². The highest BCUT2D eigenvalue weighted by molar-refractivity contribution is 5.81. The minimum atomic E-state index is -0.311. The second-order valence-electron chi connectivity index (χ2n) is 3.77. The van der Waals surface area contributed by atoms with Crippen LogP contribution >= 0.6 is 0 Å². The van der Waals surface area contributed by atoms with Crippen molar-refractivity contribution in [1.82, 2.24) is 5.32 Å². The van der Waals surface area contributed by atoms with E-state index in [1.165, 1.54) is 38.9 Å². The molecule has 13 heavy (non-hydrogen) atoms. The molecule has 3 heteroatoms. The SMILES string of the molecule is COC(=O)/C=C/NC1(C)CCCC1. The van der Waals surface area contributed by atoms with Crippen molar-refractivity contribution in [3.05, 3.63) is 12.3 Å². The van der Waals surface area contributed by atoms with Crippen LogP contribution in [-0.2, 0) is 9.53 Å². The van der Waals surface area contributed by atoms with Crippen molar-refractivity contribution >= 4 is 5.97 Å². The zero-order chi connectivity index (χ0) is 9.73. The fourth-order valence-corrected chi connectivity index (χ4v) is 1.68. The number of methoxy groups -OCH3 is 1. The van der Waals surface area contributed by atoms with E-state index in [1.54, 1.807) is 6.20 Å². The van der Waals surface area contributed by atoms with E-state index >= 15 is 0 Å². The second kappa shape index (κ2) is 4.30. The van der Waals surface area contributed by atoms with Crippen LogP contribution in [0.4, 0.5) is 0 Å². The van der Waals surface area contributed by atoms with Crippen LogP contribution in [0.25, 0.3) is 0 Å². The third-order valence-corrected chi connectivity index (χ3v) is 2.56. The zero-order valence-electron chi connectivity index (χ0n) is 8.30. The molecular formula is C10H17NO2. The Morgan fingerprint density at radius 1 is 1.46 bits per heavy atom. The predicted molar refractivity (Wildman–Crippen MR) is 51.2 cm³/mol. The van der Waals surface area contributed by atoms with E-state index in [4.69, 9.17) is 0 Å². The molecule has 0 bridgehead atoms. The van der Waals surface area contributed by atoms with E-state index in [2.05, 4.69) is 17.0 Å². The summed E-state index contributed by atoms with van der Waals surface area (Å²) in [6.07, 6.45) is 8.02. The molecule has 0 amide bonds. The van der Waals surface area contributed by atoms with Crippen molar-refractivity contribution in [2.75, 3.05) is 7.11 Å². The molecule has 0 atom stereocenters. The molecular weight excluding hydrogens is 166 g/mol. The molecule has 74 valence electrons. The van der Waals surface area contributed by atoms with Gasteiger partial charge in [0, 0.05) is 17.8 Å². The lowest BCUT2D eigenvalue weighted by Crippen LogP contribution is -2.35. The van der Waals surface area contributed by atoms with E-state index in [0.717, 1.165) is 0 Å². The summed E-state index contributed by atoms with van der Waals surface area (Å²) in [6.45, 7) is 2.18. The van der Waals surface area contributed by atoms with Gasteiger partial charge in [-0.1, -0.05) is 12.8 Å². The number of ether oxygens (including phenoxy) is 1. The molecule has 3 nitrogen and oxygen atoms in total. The van der Waals surface area contributed by atoms with Crippen LogP contribution in [0.3, 0.4) is 0 Å². The molecule has 1 saturated carbocycles. The summed E-state index contributed by atoms with van der Waals surface area (Å²) in [6, 6.07) is 0. The standard InChI is InChI=1S/C10H17NO2/c1-10(6-3-4-7-10)11-8-5-9(12)13-2/h5,8,11H,3-4,6-7H2,1-2H3/b8-5+. The monoisotopic (exact) mass is 183 g/mol. The van der Waals surface area contributed by atoms with Gasteiger partial charge in [-0.2, -0.15) is 0 Å². The molecule has 1 N–H and O–H groups in total. The van der Waals surface area contributed by atoms with E-state index in [9.17, 15) is 4.79 Å². The summed E-state index contributed by atoms with van der Waals surface area (Å²) in [5, 5.41) is 3.24. The third-order valence-electron chi connectivity index (χ3n) is 2.56. The Hall–Kier alpha value is -0.990. The van der Waals surface area contributed by atoms with Crippen LogP contribution in [0.15, 0.2) is 12.3 Å². The Morgan fingerprint density at radius 2 is 2.08 bits per heavy atom. The summed E-state index contributed by atoms with van der Waals surface area (Å²) >= 11 is 0. The predicted octanol–water partition coefficient (Wildman–Crippen LogP) is 1.60. The Morgan fingerprint density at radius 3 is 2.62 bits per heavy atom. The van der Waals surface area contributed by atoms with Gasteiger partial charge < -0.3 is 10.1 Å². The van der Waals surface area contributed by atoms with Gasteiger partial charge in [0.1, 0.15) is 0 Å². The average Bonchev–Trinajstić information content (AvgIpc) is 2.52. The number of hydrogen-bond acceptors (Lipinski definition) is 3. The first-order valence-corrected chi connectivity index (χ1v) is 4.68. The van der Waals surface area contributed by atoms with Crippen LogP contribution in [0.5, 0.6) is 0 Å². The highest BCUT2D eigenvalue weighted by atomic mass is 16.5. The van der Waals surface area contributed by atoms with Gasteiger partial charge in [0.15, 0.2) is 0 Å². The van der Waals surface area contributed by atoms with Crippen molar-refractivity contribution in [3.8, 4) is 0 Å². The quantitative estimate of drug-likeness (QED) is 0.533. The summed E-state index contributed by atoms with van der Waals surface area (Å²) in [5.41, 5.74) is 0.185. The highest BCUT2D eigenvalue weighted by Gasteiger charge is 2.26. The van der Waals surface area contributed by atoms with Crippen LogP contribution in [0, 0.1) is 0 Å². The first-order chi connectivity index (χ1) is 6.16. The molecule has 1 fully saturated rings. The molecule has 1 aliphatic carbocycles. The number of carbonyl (C=O) groups is 1. The van der Waals surface area contributed by atoms with Crippen molar-refractivity contribution < 1.29 is 9.53 Å². The highest BCUT2D eigenvalue weighted by Crippen LogP contribution is 2.28. The molecule has 0 heterocycles. The van der Waals surface area contributed by atoms with Crippen LogP contribution < -0.4 is 5.32 Å². The third kappa shape index (κ3) is 3.09. The van der Waals surface area contributed by atoms with Gasteiger partial charge in [-0.05, 0) is 19.8 Å². The van der Waals surface area contributed by atoms with Gasteiger partial charge in [0.25, 0.3) is 0 Å². The van der Waals surface area contributed by atoms with Crippen molar-refractivity contribution in [3.63, 3.8) is 0 Å². The Balaban J connectivity index is 2.32. The lowest BCUT2D eigenvalue weighted by Gasteiger charge is -2.23. The lowest BCUT2D eigenvalue weighted by molar-refractivity contribution is -0.134. The maximum Gasteiger partial charge on any atom is 0.331 e. The van der Waals surface area contributed by atoms with E-state index in [0.29, 0.717) is 0 Å². The molecule has 0 aromatic carbocycles. The Bertz CT molecular complexity index is 205. The Labute approximate surface area is 79.2 Å². The molecule has 0 unspecified atom stereocenters. The van der Waals surface area contributed by atoms with E-state index in [1.807, 2.05) is 0 Å². The van der Waals surface area contributed by atoms with Crippen LogP contribution in [-0.4, -0.2) is 18.6 Å². The molecule has 0 radical (unpaired) electrons. The lowest BCUT2D eigenvalue weighted by atomic mass is 10.0. The van der Waals surface area contributed by atoms with Crippen LogP contribution in [0.2, 0.25) is 0 Å². The molecule has 0 spiro atoms. The van der Waals surface area contributed by atoms with Gasteiger partial charge in [-0.25, -0.2) is 4.79 Å². The minimum Gasteiger partial charge on any atom is -0.466 e. The molecule has 1 rings (SSSR count). The van der Waals surface area contributed by atoms with Gasteiger partial charge in [-0.3, -0.25) is 0 Å². The first-order valence-electron chi connectivity index (χ1n) is 4.68. The average molecular weight is 183 g/mol. The van der Waals surface area contributed by atoms with Crippen LogP contribution in [0.1, 0.15) is 32.6 Å². The number of hydrogen-bond donors (Lipinski definition) is 1. The number of carbonyl (C=O) groups excluding carboxylic acids is 1. The fourth-order valence-electron chi connectivity index (χ4n) is 1.68. The van der Waals surface area contributed by atoms with Crippen molar-refractivity contribution in [2.45, 2.75) is 38.1 Å². The van der Waals surface area contributed by atoms with Gasteiger partial charge in [-0.15, -0.1) is 0 Å². The molecule has 1 aliphatic rings. The summed E-state index contributed by atoms with van der Waals surface area (Å²) in [5.74, 6) is -0.311. The molecule has 0 aliphatic heterocycles. The fraction of sp³-hybridized carbons (Fsp3) is 0.700. The first kappa shape index (κ1) is 10.1. The molecule has 0 aromatic rings. The van der Waals surface area contributed by atoms with Crippen molar-refractivity contribution in [2.24, 2.45) is 0 Å². The molecule has 0 aromatic heterocycles. The van der Waals surface area contributed by atoms with Gasteiger partial charge >= 0.3 is 5.97 Å². The summed E-state index contributed by atoms with van der Waals surface area (Å²) in [4.78, 5) is 10.7. The maximum absolute atomic E-state index is 10.7.